The molecule has 2 aromatic rings. The van der Waals surface area contributed by atoms with Gasteiger partial charge in [0.25, 0.3) is 0 Å². The molecule has 0 fully saturated rings. The minimum atomic E-state index is -3.77. The van der Waals surface area contributed by atoms with Crippen LogP contribution in [-0.2, 0) is 10.0 Å². The SMILES string of the molecule is COc1cc(OC)c(C2=CCN(S(=O)(=O)c3cc(Cl)ccc3Cl)CC2)c(OC)c1. The van der Waals surface area contributed by atoms with E-state index in [4.69, 9.17) is 37.4 Å². The third kappa shape index (κ3) is 4.33. The van der Waals surface area contributed by atoms with Crippen molar-refractivity contribution in [3.63, 3.8) is 0 Å². The van der Waals surface area contributed by atoms with Gasteiger partial charge in [-0.15, -0.1) is 0 Å². The number of rotatable bonds is 6. The van der Waals surface area contributed by atoms with Crippen molar-refractivity contribution in [3.8, 4) is 17.2 Å². The van der Waals surface area contributed by atoms with Gasteiger partial charge in [0.1, 0.15) is 22.1 Å². The first kappa shape index (κ1) is 21.8. The van der Waals surface area contributed by atoms with Gasteiger partial charge in [-0.2, -0.15) is 4.31 Å². The Morgan fingerprint density at radius 2 is 1.62 bits per heavy atom. The largest absolute Gasteiger partial charge is 0.496 e. The van der Waals surface area contributed by atoms with E-state index in [-0.39, 0.29) is 23.0 Å². The number of ether oxygens (including phenoxy) is 3. The summed E-state index contributed by atoms with van der Waals surface area (Å²) >= 11 is 12.1. The van der Waals surface area contributed by atoms with Gasteiger partial charge in [-0.05, 0) is 30.2 Å². The highest BCUT2D eigenvalue weighted by Crippen LogP contribution is 2.41. The summed E-state index contributed by atoms with van der Waals surface area (Å²) in [4.78, 5) is 0.00289. The van der Waals surface area contributed by atoms with Crippen LogP contribution in [0.1, 0.15) is 12.0 Å². The molecule has 0 radical (unpaired) electrons. The number of nitrogens with zero attached hydrogens (tertiary/aromatic N) is 1. The maximum absolute atomic E-state index is 13.0. The lowest BCUT2D eigenvalue weighted by Gasteiger charge is -2.27. The normalized spacial score (nSPS) is 15.0. The number of hydrogen-bond acceptors (Lipinski definition) is 5. The fraction of sp³-hybridized carbons (Fsp3) is 0.300. The fourth-order valence-corrected chi connectivity index (χ4v) is 5.35. The van der Waals surface area contributed by atoms with E-state index in [1.165, 1.54) is 16.4 Å². The molecule has 6 nitrogen and oxygen atoms in total. The Balaban J connectivity index is 1.95. The lowest BCUT2D eigenvalue weighted by Crippen LogP contribution is -2.34. The lowest BCUT2D eigenvalue weighted by molar-refractivity contribution is 0.372. The smallest absolute Gasteiger partial charge is 0.244 e. The van der Waals surface area contributed by atoms with Gasteiger partial charge in [-0.3, -0.25) is 0 Å². The average Bonchev–Trinajstić information content (AvgIpc) is 2.74. The molecule has 1 aliphatic rings. The molecular formula is C20H21Cl2NO5S. The monoisotopic (exact) mass is 457 g/mol. The predicted octanol–water partition coefficient (Wildman–Crippen LogP) is 4.50. The zero-order valence-corrected chi connectivity index (χ0v) is 18.6. The maximum atomic E-state index is 13.0. The van der Waals surface area contributed by atoms with E-state index in [0.29, 0.717) is 28.7 Å². The van der Waals surface area contributed by atoms with E-state index < -0.39 is 10.0 Å². The number of methoxy groups -OCH3 is 3. The van der Waals surface area contributed by atoms with Crippen molar-refractivity contribution in [1.82, 2.24) is 4.31 Å². The Labute approximate surface area is 180 Å². The summed E-state index contributed by atoms with van der Waals surface area (Å²) < 4.78 is 43.7. The zero-order chi connectivity index (χ0) is 21.2. The van der Waals surface area contributed by atoms with Crippen LogP contribution in [-0.4, -0.2) is 47.1 Å². The highest BCUT2D eigenvalue weighted by atomic mass is 35.5. The van der Waals surface area contributed by atoms with Gasteiger partial charge in [0.15, 0.2) is 0 Å². The minimum Gasteiger partial charge on any atom is -0.496 e. The molecule has 0 unspecified atom stereocenters. The molecule has 0 saturated carbocycles. The van der Waals surface area contributed by atoms with Crippen molar-refractivity contribution in [2.24, 2.45) is 0 Å². The standard InChI is InChI=1S/C20H21Cl2NO5S/c1-26-15-11-17(27-2)20(18(12-15)28-3)13-6-8-23(9-7-13)29(24,25)19-10-14(21)4-5-16(19)22/h4-6,10-12H,7-9H2,1-3H3. The van der Waals surface area contributed by atoms with E-state index in [1.54, 1.807) is 39.5 Å². The minimum absolute atomic E-state index is 0.00289. The maximum Gasteiger partial charge on any atom is 0.244 e. The molecule has 1 heterocycles. The van der Waals surface area contributed by atoms with Crippen molar-refractivity contribution in [2.75, 3.05) is 34.4 Å². The molecule has 2 aromatic carbocycles. The number of benzene rings is 2. The van der Waals surface area contributed by atoms with Gasteiger partial charge >= 0.3 is 0 Å². The topological polar surface area (TPSA) is 65.1 Å². The van der Waals surface area contributed by atoms with Crippen LogP contribution in [0.2, 0.25) is 10.0 Å². The van der Waals surface area contributed by atoms with Crippen LogP contribution in [0.15, 0.2) is 41.3 Å². The van der Waals surface area contributed by atoms with Crippen LogP contribution in [0.3, 0.4) is 0 Å². The van der Waals surface area contributed by atoms with Gasteiger partial charge < -0.3 is 14.2 Å². The summed E-state index contributed by atoms with van der Waals surface area (Å²) in [5.74, 6) is 1.81. The van der Waals surface area contributed by atoms with Crippen molar-refractivity contribution in [2.45, 2.75) is 11.3 Å². The van der Waals surface area contributed by atoms with Crippen LogP contribution in [0, 0.1) is 0 Å². The molecule has 156 valence electrons. The Morgan fingerprint density at radius 1 is 0.966 bits per heavy atom. The van der Waals surface area contributed by atoms with E-state index in [1.807, 2.05) is 6.08 Å². The predicted molar refractivity (Wildman–Crippen MR) is 114 cm³/mol. The number of sulfonamides is 1. The second-order valence-corrected chi connectivity index (χ2v) is 9.07. The van der Waals surface area contributed by atoms with E-state index in [0.717, 1.165) is 11.1 Å². The van der Waals surface area contributed by atoms with Crippen molar-refractivity contribution < 1.29 is 22.6 Å². The van der Waals surface area contributed by atoms with E-state index >= 15 is 0 Å². The van der Waals surface area contributed by atoms with Crippen LogP contribution in [0.4, 0.5) is 0 Å². The molecular weight excluding hydrogens is 437 g/mol. The zero-order valence-electron chi connectivity index (χ0n) is 16.2. The Kier molecular flexibility index (Phi) is 6.63. The average molecular weight is 458 g/mol. The molecule has 0 saturated heterocycles. The van der Waals surface area contributed by atoms with Crippen LogP contribution < -0.4 is 14.2 Å². The molecule has 0 amide bonds. The summed E-state index contributed by atoms with van der Waals surface area (Å²) in [6.45, 7) is 0.480. The van der Waals surface area contributed by atoms with Crippen LogP contribution in [0.25, 0.3) is 5.57 Å². The molecule has 3 rings (SSSR count). The molecule has 0 spiro atoms. The molecule has 0 bridgehead atoms. The van der Waals surface area contributed by atoms with Gasteiger partial charge in [0, 0.05) is 30.2 Å². The Bertz CT molecular complexity index is 1030. The van der Waals surface area contributed by atoms with Gasteiger partial charge in [-0.25, -0.2) is 8.42 Å². The van der Waals surface area contributed by atoms with Crippen LogP contribution >= 0.6 is 23.2 Å². The third-order valence-corrected chi connectivity index (χ3v) is 7.30. The van der Waals surface area contributed by atoms with Crippen molar-refractivity contribution >= 4 is 38.8 Å². The number of halogens is 2. The molecule has 29 heavy (non-hydrogen) atoms. The van der Waals surface area contributed by atoms with Crippen molar-refractivity contribution in [3.05, 3.63) is 52.0 Å². The Morgan fingerprint density at radius 3 is 2.14 bits per heavy atom. The Hall–Kier alpha value is -1.93. The molecule has 9 heteroatoms. The second-order valence-electron chi connectivity index (χ2n) is 6.32. The lowest BCUT2D eigenvalue weighted by atomic mass is 9.98. The molecule has 0 N–H and O–H groups in total. The third-order valence-electron chi connectivity index (χ3n) is 4.72. The first-order chi connectivity index (χ1) is 13.8. The highest BCUT2D eigenvalue weighted by Gasteiger charge is 2.30. The van der Waals surface area contributed by atoms with Crippen molar-refractivity contribution in [1.29, 1.82) is 0 Å². The summed E-state index contributed by atoms with van der Waals surface area (Å²) in [7, 11) is 0.931. The molecule has 0 atom stereocenters. The molecule has 0 aromatic heterocycles. The number of hydrogen-bond donors (Lipinski definition) is 0. The summed E-state index contributed by atoms with van der Waals surface area (Å²) in [5, 5.41) is 0.455. The fourth-order valence-electron chi connectivity index (χ4n) is 3.23. The van der Waals surface area contributed by atoms with E-state index in [2.05, 4.69) is 0 Å². The summed E-state index contributed by atoms with van der Waals surface area (Å²) in [6.07, 6.45) is 2.34. The van der Waals surface area contributed by atoms with Crippen LogP contribution in [0.5, 0.6) is 17.2 Å². The summed E-state index contributed by atoms with van der Waals surface area (Å²) in [6, 6.07) is 7.95. The van der Waals surface area contributed by atoms with Gasteiger partial charge in [0.05, 0.1) is 31.9 Å². The first-order valence-corrected chi connectivity index (χ1v) is 11.0. The van der Waals surface area contributed by atoms with E-state index in [9.17, 15) is 8.42 Å². The first-order valence-electron chi connectivity index (χ1n) is 8.76. The van der Waals surface area contributed by atoms with Gasteiger partial charge in [0.2, 0.25) is 10.0 Å². The van der Waals surface area contributed by atoms with Gasteiger partial charge in [-0.1, -0.05) is 29.3 Å². The quantitative estimate of drug-likeness (QED) is 0.638. The second kappa shape index (κ2) is 8.83. The molecule has 0 aliphatic carbocycles. The molecule has 1 aliphatic heterocycles. The summed E-state index contributed by atoms with van der Waals surface area (Å²) in [5.41, 5.74) is 1.72. The highest BCUT2D eigenvalue weighted by molar-refractivity contribution is 7.89.